The van der Waals surface area contributed by atoms with Crippen LogP contribution in [-0.2, 0) is 0 Å². The number of nitrogens with zero attached hydrogens (tertiary/aromatic N) is 3. The van der Waals surface area contributed by atoms with Gasteiger partial charge in [0.15, 0.2) is 28.6 Å². The molecule has 0 saturated carbocycles. The van der Waals surface area contributed by atoms with Crippen molar-refractivity contribution in [2.24, 2.45) is 0 Å². The summed E-state index contributed by atoms with van der Waals surface area (Å²) in [5.74, 6) is 2.56. The zero-order chi connectivity index (χ0) is 23.8. The predicted molar refractivity (Wildman–Crippen MR) is 133 cm³/mol. The zero-order valence-electron chi connectivity index (χ0n) is 19.7. The summed E-state index contributed by atoms with van der Waals surface area (Å²) in [6.45, 7) is 2.00. The molecule has 0 aliphatic carbocycles. The van der Waals surface area contributed by atoms with Gasteiger partial charge in [0.25, 0.3) is 0 Å². The first-order chi connectivity index (χ1) is 16.6. The van der Waals surface area contributed by atoms with Crippen molar-refractivity contribution in [3.63, 3.8) is 0 Å². The minimum Gasteiger partial charge on any atom is -0.493 e. The molecule has 0 bridgehead atoms. The van der Waals surface area contributed by atoms with E-state index < -0.39 is 0 Å². The lowest BCUT2D eigenvalue weighted by molar-refractivity contribution is 0.355. The number of hydrogen-bond acceptors (Lipinski definition) is 6. The highest BCUT2D eigenvalue weighted by Gasteiger charge is 2.21. The Morgan fingerprint density at radius 3 is 1.94 bits per heavy atom. The van der Waals surface area contributed by atoms with Crippen LogP contribution < -0.4 is 18.9 Å². The number of ether oxygens (including phenoxy) is 4. The van der Waals surface area contributed by atoms with Crippen LogP contribution in [0.4, 0.5) is 0 Å². The molecule has 0 saturated heterocycles. The first-order valence-corrected chi connectivity index (χ1v) is 10.8. The van der Waals surface area contributed by atoms with Gasteiger partial charge in [-0.25, -0.2) is 9.67 Å². The van der Waals surface area contributed by atoms with Gasteiger partial charge in [-0.05, 0) is 49.4 Å². The number of aryl methyl sites for hydroxylation is 1. The third-order valence-electron chi connectivity index (χ3n) is 5.96. The quantitative estimate of drug-likeness (QED) is 0.333. The minimum atomic E-state index is 0.628. The number of rotatable bonds is 6. The summed E-state index contributed by atoms with van der Waals surface area (Å²) in [5, 5.41) is 7.71. The van der Waals surface area contributed by atoms with E-state index in [-0.39, 0.29) is 0 Å². The fourth-order valence-electron chi connectivity index (χ4n) is 4.33. The maximum Gasteiger partial charge on any atom is 0.164 e. The second kappa shape index (κ2) is 8.59. The van der Waals surface area contributed by atoms with E-state index >= 15 is 0 Å². The van der Waals surface area contributed by atoms with Crippen molar-refractivity contribution < 1.29 is 18.9 Å². The summed E-state index contributed by atoms with van der Waals surface area (Å²) in [4.78, 5) is 5.14. The Morgan fingerprint density at radius 1 is 0.676 bits per heavy atom. The van der Waals surface area contributed by atoms with Crippen LogP contribution in [0.15, 0.2) is 60.7 Å². The van der Waals surface area contributed by atoms with Crippen molar-refractivity contribution in [1.82, 2.24) is 14.8 Å². The van der Waals surface area contributed by atoms with Crippen molar-refractivity contribution in [1.29, 1.82) is 0 Å². The molecular formula is C27H25N3O4. The van der Waals surface area contributed by atoms with Gasteiger partial charge >= 0.3 is 0 Å². The van der Waals surface area contributed by atoms with Gasteiger partial charge in [-0.15, -0.1) is 0 Å². The highest BCUT2D eigenvalue weighted by molar-refractivity contribution is 6.12. The fourth-order valence-corrected chi connectivity index (χ4v) is 4.33. The molecule has 0 radical (unpaired) electrons. The molecule has 2 aromatic heterocycles. The van der Waals surface area contributed by atoms with Crippen LogP contribution in [0.2, 0.25) is 0 Å². The van der Waals surface area contributed by atoms with Crippen molar-refractivity contribution >= 4 is 21.8 Å². The van der Waals surface area contributed by atoms with E-state index in [4.69, 9.17) is 29.0 Å². The monoisotopic (exact) mass is 455 g/mol. The smallest absolute Gasteiger partial charge is 0.164 e. The lowest BCUT2D eigenvalue weighted by Crippen LogP contribution is -1.99. The van der Waals surface area contributed by atoms with Crippen LogP contribution in [0.3, 0.4) is 0 Å². The standard InChI is InChI=1S/C27H25N3O4/c1-16-25-19-14-23(33-4)24(34-5)15-20(19)26(17-11-12-21(31-2)22(13-17)32-3)28-27(25)30(29-16)18-9-7-6-8-10-18/h6-15H,1-5H3. The van der Waals surface area contributed by atoms with Gasteiger partial charge in [-0.1, -0.05) is 18.2 Å². The summed E-state index contributed by atoms with van der Waals surface area (Å²) in [6, 6.07) is 19.7. The Hall–Kier alpha value is -4.26. The Kier molecular flexibility index (Phi) is 5.45. The normalized spacial score (nSPS) is 11.1. The molecule has 0 spiro atoms. The molecule has 5 rings (SSSR count). The van der Waals surface area contributed by atoms with Crippen LogP contribution in [-0.4, -0.2) is 43.2 Å². The third-order valence-corrected chi connectivity index (χ3v) is 5.96. The molecule has 0 aliphatic heterocycles. The van der Waals surface area contributed by atoms with Gasteiger partial charge in [0.2, 0.25) is 0 Å². The molecule has 5 aromatic rings. The van der Waals surface area contributed by atoms with Crippen LogP contribution >= 0.6 is 0 Å². The number of pyridine rings is 1. The Balaban J connectivity index is 1.92. The van der Waals surface area contributed by atoms with E-state index in [0.29, 0.717) is 23.0 Å². The van der Waals surface area contributed by atoms with E-state index in [1.807, 2.05) is 72.3 Å². The van der Waals surface area contributed by atoms with Gasteiger partial charge in [-0.3, -0.25) is 0 Å². The van der Waals surface area contributed by atoms with E-state index in [1.165, 1.54) is 0 Å². The molecule has 3 aromatic carbocycles. The molecule has 0 aliphatic rings. The maximum atomic E-state index is 5.63. The maximum absolute atomic E-state index is 5.63. The van der Waals surface area contributed by atoms with Gasteiger partial charge in [0.05, 0.1) is 50.9 Å². The van der Waals surface area contributed by atoms with Gasteiger partial charge in [0.1, 0.15) is 0 Å². The van der Waals surface area contributed by atoms with Crippen LogP contribution in [0, 0.1) is 6.92 Å². The van der Waals surface area contributed by atoms with Crippen molar-refractivity contribution in [3.05, 3.63) is 66.4 Å². The Bertz CT molecular complexity index is 1510. The summed E-state index contributed by atoms with van der Waals surface area (Å²) in [6.07, 6.45) is 0. The molecule has 0 N–H and O–H groups in total. The van der Waals surface area contributed by atoms with Crippen molar-refractivity contribution in [2.45, 2.75) is 6.92 Å². The van der Waals surface area contributed by atoms with Gasteiger partial charge < -0.3 is 18.9 Å². The van der Waals surface area contributed by atoms with Crippen LogP contribution in [0.5, 0.6) is 23.0 Å². The SMILES string of the molecule is COc1ccc(-c2nc3c(c(C)nn3-c3ccccc3)c3cc(OC)c(OC)cc23)cc1OC. The van der Waals surface area contributed by atoms with Crippen LogP contribution in [0.1, 0.15) is 5.69 Å². The average Bonchev–Trinajstić information content (AvgIpc) is 3.23. The highest BCUT2D eigenvalue weighted by atomic mass is 16.5. The largest absolute Gasteiger partial charge is 0.493 e. The molecular weight excluding hydrogens is 430 g/mol. The van der Waals surface area contributed by atoms with E-state index in [0.717, 1.165) is 44.4 Å². The molecule has 0 fully saturated rings. The molecule has 0 atom stereocenters. The van der Waals surface area contributed by atoms with E-state index in [2.05, 4.69) is 0 Å². The fraction of sp³-hybridized carbons (Fsp3) is 0.185. The third kappa shape index (κ3) is 3.37. The molecule has 7 nitrogen and oxygen atoms in total. The molecule has 0 amide bonds. The minimum absolute atomic E-state index is 0.628. The van der Waals surface area contributed by atoms with Gasteiger partial charge in [0, 0.05) is 16.3 Å². The van der Waals surface area contributed by atoms with Crippen molar-refractivity contribution in [3.8, 4) is 39.9 Å². The number of benzene rings is 3. The Morgan fingerprint density at radius 2 is 1.29 bits per heavy atom. The number of para-hydroxylation sites is 1. The van der Waals surface area contributed by atoms with Gasteiger partial charge in [-0.2, -0.15) is 5.10 Å². The first kappa shape index (κ1) is 21.6. The summed E-state index contributed by atoms with van der Waals surface area (Å²) in [5.41, 5.74) is 4.23. The highest BCUT2D eigenvalue weighted by Crippen LogP contribution is 2.42. The van der Waals surface area contributed by atoms with E-state index in [1.54, 1.807) is 28.4 Å². The number of hydrogen-bond donors (Lipinski definition) is 0. The average molecular weight is 456 g/mol. The topological polar surface area (TPSA) is 67.6 Å². The van der Waals surface area contributed by atoms with Crippen molar-refractivity contribution in [2.75, 3.05) is 28.4 Å². The predicted octanol–water partition coefficient (Wildman–Crippen LogP) is 5.58. The zero-order valence-corrected chi connectivity index (χ0v) is 19.7. The molecule has 34 heavy (non-hydrogen) atoms. The van der Waals surface area contributed by atoms with Crippen LogP contribution in [0.25, 0.3) is 38.8 Å². The summed E-state index contributed by atoms with van der Waals surface area (Å²) >= 11 is 0. The Labute approximate surface area is 197 Å². The summed E-state index contributed by atoms with van der Waals surface area (Å²) < 4.78 is 24.1. The first-order valence-electron chi connectivity index (χ1n) is 10.8. The summed E-state index contributed by atoms with van der Waals surface area (Å²) in [7, 11) is 6.51. The lowest BCUT2D eigenvalue weighted by atomic mass is 10.00. The number of fused-ring (bicyclic) bond motifs is 3. The second-order valence-corrected chi connectivity index (χ2v) is 7.81. The molecule has 0 unspecified atom stereocenters. The molecule has 2 heterocycles. The number of aromatic nitrogens is 3. The molecule has 172 valence electrons. The second-order valence-electron chi connectivity index (χ2n) is 7.81. The van der Waals surface area contributed by atoms with E-state index in [9.17, 15) is 0 Å². The number of methoxy groups -OCH3 is 4. The molecule has 7 heteroatoms. The lowest BCUT2D eigenvalue weighted by Gasteiger charge is -2.15.